The molecule has 2 fully saturated rings. The quantitative estimate of drug-likeness (QED) is 0.566. The van der Waals surface area contributed by atoms with Crippen molar-refractivity contribution in [1.29, 1.82) is 0 Å². The van der Waals surface area contributed by atoms with E-state index in [1.165, 1.54) is 23.8 Å². The van der Waals surface area contributed by atoms with Crippen LogP contribution in [-0.2, 0) is 23.9 Å². The first-order chi connectivity index (χ1) is 16.2. The molecule has 2 heterocycles. The van der Waals surface area contributed by atoms with Gasteiger partial charge in [-0.15, -0.1) is 0 Å². The Morgan fingerprint density at radius 3 is 2.59 bits per heavy atom. The fourth-order valence-corrected chi connectivity index (χ4v) is 3.75. The first-order valence-corrected chi connectivity index (χ1v) is 11.1. The van der Waals surface area contributed by atoms with Gasteiger partial charge < -0.3 is 19.7 Å². The molecular formula is C21H26F2N4O6S. The van der Waals surface area contributed by atoms with Crippen LogP contribution in [0.1, 0.15) is 19.8 Å². The number of carbonyl (C=O) groups is 3. The minimum atomic E-state index is -0.857. The van der Waals surface area contributed by atoms with Crippen molar-refractivity contribution >= 4 is 46.6 Å². The van der Waals surface area contributed by atoms with Crippen LogP contribution < -0.4 is 15.1 Å². The Kier molecular flexibility index (Phi) is 8.56. The second-order valence-corrected chi connectivity index (χ2v) is 8.17. The van der Waals surface area contributed by atoms with E-state index >= 15 is 8.78 Å². The maximum absolute atomic E-state index is 15.0. The molecular weight excluding hydrogens is 474 g/mol. The van der Waals surface area contributed by atoms with Crippen LogP contribution in [0.4, 0.5) is 25.0 Å². The lowest BCUT2D eigenvalue weighted by Gasteiger charge is -2.24. The Balaban J connectivity index is 1.66. The molecule has 34 heavy (non-hydrogen) atoms. The lowest BCUT2D eigenvalue weighted by atomic mass is 10.2. The van der Waals surface area contributed by atoms with Gasteiger partial charge in [-0.3, -0.25) is 19.3 Å². The average Bonchev–Trinajstić information content (AvgIpc) is 3.00. The smallest absolute Gasteiger partial charge is 0.414 e. The highest BCUT2D eigenvalue weighted by Gasteiger charge is 2.34. The summed E-state index contributed by atoms with van der Waals surface area (Å²) in [6.45, 7) is 1.46. The number of halogens is 2. The van der Waals surface area contributed by atoms with Crippen LogP contribution in [-0.4, -0.2) is 80.6 Å². The van der Waals surface area contributed by atoms with Crippen molar-refractivity contribution in [1.82, 2.24) is 10.4 Å². The molecule has 0 unspecified atom stereocenters. The van der Waals surface area contributed by atoms with Crippen LogP contribution in [0.25, 0.3) is 0 Å². The Labute approximate surface area is 200 Å². The summed E-state index contributed by atoms with van der Waals surface area (Å²) in [6, 6.07) is 2.15. The number of hydrogen-bond donors (Lipinski definition) is 1. The number of nitrogens with zero attached hydrogens (tertiary/aromatic N) is 3. The molecule has 3 amide bonds. The summed E-state index contributed by atoms with van der Waals surface area (Å²) in [5, 5.41) is 3.83. The number of hydroxylamine groups is 2. The lowest BCUT2D eigenvalue weighted by Crippen LogP contribution is -2.41. The lowest BCUT2D eigenvalue weighted by molar-refractivity contribution is -0.181. The fourth-order valence-electron chi connectivity index (χ4n) is 3.63. The van der Waals surface area contributed by atoms with Crippen molar-refractivity contribution in [3.63, 3.8) is 0 Å². The minimum absolute atomic E-state index is 0.00983. The zero-order valence-electron chi connectivity index (χ0n) is 18.8. The van der Waals surface area contributed by atoms with Crippen molar-refractivity contribution in [3.8, 4) is 0 Å². The van der Waals surface area contributed by atoms with Crippen LogP contribution >= 0.6 is 12.2 Å². The highest BCUT2D eigenvalue weighted by atomic mass is 32.1. The number of carbonyl (C=O) groups excluding carboxylic acids is 3. The van der Waals surface area contributed by atoms with Crippen molar-refractivity contribution in [3.05, 3.63) is 23.8 Å². The number of cyclic esters (lactones) is 1. The second-order valence-electron chi connectivity index (χ2n) is 7.72. The van der Waals surface area contributed by atoms with Gasteiger partial charge >= 0.3 is 6.09 Å². The number of amides is 3. The standard InChI is InChI=1S/C21H26F2N4O6S/c1-13(28)24-11-18(29)27-6-5-25(7-8-32-27)20-16(22)9-14(10-17(20)23)26-12-15(33-21(26)30)3-4-19(34)31-2/h9-10,15H,3-8,11-12H2,1-2H3,(H,24,28)/t15-/m0/s1. The summed E-state index contributed by atoms with van der Waals surface area (Å²) < 4.78 is 40.2. The van der Waals surface area contributed by atoms with E-state index < -0.39 is 29.7 Å². The number of anilines is 2. The maximum atomic E-state index is 15.0. The van der Waals surface area contributed by atoms with Gasteiger partial charge in [-0.2, -0.15) is 0 Å². The molecule has 1 aromatic carbocycles. The molecule has 2 aliphatic heterocycles. The summed E-state index contributed by atoms with van der Waals surface area (Å²) >= 11 is 4.98. The Bertz CT molecular complexity index is 942. The van der Waals surface area contributed by atoms with E-state index in [0.717, 1.165) is 17.2 Å². The van der Waals surface area contributed by atoms with E-state index in [1.807, 2.05) is 0 Å². The predicted octanol–water partition coefficient (Wildman–Crippen LogP) is 1.76. The Hall–Kier alpha value is -3.06. The Morgan fingerprint density at radius 1 is 1.24 bits per heavy atom. The van der Waals surface area contributed by atoms with Crippen LogP contribution in [0.15, 0.2) is 12.1 Å². The van der Waals surface area contributed by atoms with Crippen LogP contribution in [0.5, 0.6) is 0 Å². The van der Waals surface area contributed by atoms with Crippen LogP contribution in [0.2, 0.25) is 0 Å². The molecule has 0 spiro atoms. The molecule has 1 aromatic rings. The van der Waals surface area contributed by atoms with Gasteiger partial charge in [0.15, 0.2) is 16.7 Å². The van der Waals surface area contributed by atoms with Crippen molar-refractivity contribution in [2.24, 2.45) is 0 Å². The number of methoxy groups -OCH3 is 1. The fraction of sp³-hybridized carbons (Fsp3) is 0.524. The van der Waals surface area contributed by atoms with Gasteiger partial charge in [0.2, 0.25) is 5.91 Å². The molecule has 2 saturated heterocycles. The van der Waals surface area contributed by atoms with Gasteiger partial charge in [0.05, 0.1) is 39.0 Å². The van der Waals surface area contributed by atoms with E-state index in [-0.39, 0.29) is 56.6 Å². The molecule has 3 rings (SSSR count). The van der Waals surface area contributed by atoms with Crippen molar-refractivity contribution in [2.45, 2.75) is 25.9 Å². The summed E-state index contributed by atoms with van der Waals surface area (Å²) in [6.07, 6.45) is -0.324. The number of benzene rings is 1. The van der Waals surface area contributed by atoms with Crippen molar-refractivity contribution < 1.29 is 37.5 Å². The van der Waals surface area contributed by atoms with Gasteiger partial charge in [-0.25, -0.2) is 18.6 Å². The highest BCUT2D eigenvalue weighted by Crippen LogP contribution is 2.32. The molecule has 2 aliphatic rings. The number of hydrogen-bond acceptors (Lipinski definition) is 8. The number of rotatable bonds is 7. The summed E-state index contributed by atoms with van der Waals surface area (Å²) in [4.78, 5) is 43.3. The van der Waals surface area contributed by atoms with Gasteiger partial charge in [-0.1, -0.05) is 0 Å². The monoisotopic (exact) mass is 500 g/mol. The summed E-state index contributed by atoms with van der Waals surface area (Å²) in [5.74, 6) is -2.54. The van der Waals surface area contributed by atoms with Crippen LogP contribution in [0, 0.1) is 11.6 Å². The zero-order valence-corrected chi connectivity index (χ0v) is 19.7. The van der Waals surface area contributed by atoms with E-state index in [2.05, 4.69) is 5.32 Å². The molecule has 0 radical (unpaired) electrons. The molecule has 0 bridgehead atoms. The highest BCUT2D eigenvalue weighted by molar-refractivity contribution is 7.80. The molecule has 10 nitrogen and oxygen atoms in total. The van der Waals surface area contributed by atoms with Gasteiger partial charge in [0, 0.05) is 38.6 Å². The Morgan fingerprint density at radius 2 is 1.94 bits per heavy atom. The third kappa shape index (κ3) is 6.29. The van der Waals surface area contributed by atoms with Gasteiger partial charge in [-0.05, 0) is 18.6 Å². The van der Waals surface area contributed by atoms with E-state index in [9.17, 15) is 14.4 Å². The van der Waals surface area contributed by atoms with E-state index in [4.69, 9.17) is 26.5 Å². The van der Waals surface area contributed by atoms with E-state index in [1.54, 1.807) is 0 Å². The molecule has 1 N–H and O–H groups in total. The van der Waals surface area contributed by atoms with Crippen LogP contribution in [0.3, 0.4) is 0 Å². The molecule has 186 valence electrons. The van der Waals surface area contributed by atoms with Gasteiger partial charge in [0.1, 0.15) is 11.8 Å². The summed E-state index contributed by atoms with van der Waals surface area (Å²) in [5.41, 5.74) is -0.239. The number of ether oxygens (including phenoxy) is 2. The maximum Gasteiger partial charge on any atom is 0.414 e. The minimum Gasteiger partial charge on any atom is -0.490 e. The van der Waals surface area contributed by atoms with E-state index in [0.29, 0.717) is 17.9 Å². The number of thiocarbonyl (C=S) groups is 1. The zero-order chi connectivity index (χ0) is 24.8. The average molecular weight is 501 g/mol. The SMILES string of the molecule is COC(=S)CC[C@H]1CN(c2cc(F)c(N3CCON(C(=O)CNC(C)=O)CC3)c(F)c2)C(=O)O1. The van der Waals surface area contributed by atoms with Gasteiger partial charge in [0.25, 0.3) is 5.91 Å². The summed E-state index contributed by atoms with van der Waals surface area (Å²) in [7, 11) is 1.46. The third-order valence-corrected chi connectivity index (χ3v) is 5.72. The first kappa shape index (κ1) is 25.6. The molecule has 0 aliphatic carbocycles. The molecule has 0 saturated carbocycles. The third-order valence-electron chi connectivity index (χ3n) is 5.35. The normalized spacial score (nSPS) is 18.4. The molecule has 1 atom stereocenters. The topological polar surface area (TPSA) is 101 Å². The predicted molar refractivity (Wildman–Crippen MR) is 121 cm³/mol. The largest absolute Gasteiger partial charge is 0.490 e. The second kappa shape index (κ2) is 11.4. The molecule has 13 heteroatoms. The first-order valence-electron chi connectivity index (χ1n) is 10.7. The number of nitrogens with one attached hydrogen (secondary N) is 1. The molecule has 0 aromatic heterocycles. The van der Waals surface area contributed by atoms with Crippen molar-refractivity contribution in [2.75, 3.05) is 56.2 Å².